The van der Waals surface area contributed by atoms with Crippen LogP contribution >= 0.6 is 15.9 Å². The highest BCUT2D eigenvalue weighted by Crippen LogP contribution is 2.24. The zero-order valence-electron chi connectivity index (χ0n) is 18.1. The maximum absolute atomic E-state index is 12.5. The Kier molecular flexibility index (Phi) is 8.49. The molecule has 1 aliphatic rings. The molecule has 2 aromatic carbocycles. The van der Waals surface area contributed by atoms with Crippen LogP contribution in [0, 0.1) is 11.8 Å². The van der Waals surface area contributed by atoms with Gasteiger partial charge in [0, 0.05) is 29.2 Å². The summed E-state index contributed by atoms with van der Waals surface area (Å²) in [7, 11) is 0. The molecule has 0 aromatic heterocycles. The lowest BCUT2D eigenvalue weighted by molar-refractivity contribution is -0.124. The summed E-state index contributed by atoms with van der Waals surface area (Å²) in [5.74, 6) is 1.90. The summed E-state index contributed by atoms with van der Waals surface area (Å²) in [5.41, 5.74) is 0.742. The van der Waals surface area contributed by atoms with Crippen LogP contribution in [0.5, 0.6) is 11.5 Å². The van der Waals surface area contributed by atoms with Gasteiger partial charge in [0.05, 0.1) is 6.54 Å². The van der Waals surface area contributed by atoms with Gasteiger partial charge in [0.1, 0.15) is 11.5 Å². The molecular weight excluding hydrogens is 458 g/mol. The minimum absolute atomic E-state index is 0.00266. The third-order valence-corrected chi connectivity index (χ3v) is 5.78. The van der Waals surface area contributed by atoms with Crippen molar-refractivity contribution in [1.29, 1.82) is 0 Å². The number of benzene rings is 2. The highest BCUT2D eigenvalue weighted by Gasteiger charge is 2.22. The molecule has 1 fully saturated rings. The molecule has 6 nitrogen and oxygen atoms in total. The Morgan fingerprint density at radius 3 is 2.39 bits per heavy atom. The number of amides is 2. The minimum atomic E-state index is -0.0338. The van der Waals surface area contributed by atoms with Crippen LogP contribution in [0.1, 0.15) is 26.7 Å². The first-order valence-corrected chi connectivity index (χ1v) is 11.5. The Bertz CT molecular complexity index is 869. The summed E-state index contributed by atoms with van der Waals surface area (Å²) in [6.07, 6.45) is 2.12. The van der Waals surface area contributed by atoms with Crippen molar-refractivity contribution in [2.75, 3.05) is 31.5 Å². The average Bonchev–Trinajstić information content (AvgIpc) is 2.75. The summed E-state index contributed by atoms with van der Waals surface area (Å²) in [6.45, 7) is 6.55. The lowest BCUT2D eigenvalue weighted by Gasteiger charge is -2.32. The monoisotopic (exact) mass is 487 g/mol. The Morgan fingerprint density at radius 2 is 1.74 bits per heavy atom. The van der Waals surface area contributed by atoms with Crippen molar-refractivity contribution in [3.63, 3.8) is 0 Å². The number of hydrogen-bond acceptors (Lipinski definition) is 4. The van der Waals surface area contributed by atoms with E-state index < -0.39 is 0 Å². The molecule has 1 atom stereocenters. The summed E-state index contributed by atoms with van der Waals surface area (Å²) in [6, 6.07) is 15.0. The fourth-order valence-corrected chi connectivity index (χ4v) is 3.82. The van der Waals surface area contributed by atoms with E-state index in [4.69, 9.17) is 4.74 Å². The molecule has 2 aromatic rings. The molecule has 0 radical (unpaired) electrons. The van der Waals surface area contributed by atoms with E-state index in [1.54, 1.807) is 0 Å². The Balaban J connectivity index is 1.44. The van der Waals surface area contributed by atoms with Crippen LogP contribution in [0.25, 0.3) is 0 Å². The van der Waals surface area contributed by atoms with E-state index in [9.17, 15) is 9.59 Å². The molecule has 31 heavy (non-hydrogen) atoms. The third-order valence-electron chi connectivity index (χ3n) is 5.25. The van der Waals surface area contributed by atoms with E-state index >= 15 is 0 Å². The van der Waals surface area contributed by atoms with Gasteiger partial charge in [0.15, 0.2) is 0 Å². The SMILES string of the molecule is CC(C)C(=O)NCC1CCCN(CC(=O)Nc2ccc(Oc3ccc(Br)cc3)cc2)C1. The standard InChI is InChI=1S/C24H30BrN3O3/c1-17(2)24(30)26-14-18-4-3-13-28(15-18)16-23(29)27-20-7-11-22(12-8-20)31-21-9-5-19(25)6-10-21/h5-12,17-18H,3-4,13-16H2,1-2H3,(H,26,30)(H,27,29). The fraction of sp³-hybridized carbons (Fsp3) is 0.417. The zero-order valence-corrected chi connectivity index (χ0v) is 19.7. The van der Waals surface area contributed by atoms with Crippen molar-refractivity contribution in [3.05, 3.63) is 53.0 Å². The highest BCUT2D eigenvalue weighted by atomic mass is 79.9. The van der Waals surface area contributed by atoms with Crippen molar-refractivity contribution in [1.82, 2.24) is 10.2 Å². The van der Waals surface area contributed by atoms with Gasteiger partial charge in [0.25, 0.3) is 0 Å². The molecule has 166 valence electrons. The fourth-order valence-electron chi connectivity index (χ4n) is 3.56. The number of carbonyl (C=O) groups excluding carboxylic acids is 2. The van der Waals surface area contributed by atoms with Crippen LogP contribution in [0.2, 0.25) is 0 Å². The van der Waals surface area contributed by atoms with E-state index in [0.29, 0.717) is 24.8 Å². The molecule has 0 aliphatic carbocycles. The molecule has 1 saturated heterocycles. The number of ether oxygens (including phenoxy) is 1. The van der Waals surface area contributed by atoms with E-state index in [2.05, 4.69) is 31.5 Å². The lowest BCUT2D eigenvalue weighted by atomic mass is 9.97. The topological polar surface area (TPSA) is 70.7 Å². The average molecular weight is 488 g/mol. The van der Waals surface area contributed by atoms with Crippen molar-refractivity contribution in [3.8, 4) is 11.5 Å². The molecule has 1 unspecified atom stereocenters. The summed E-state index contributed by atoms with van der Waals surface area (Å²) < 4.78 is 6.81. The summed E-state index contributed by atoms with van der Waals surface area (Å²) >= 11 is 3.40. The normalized spacial score (nSPS) is 16.7. The Hall–Kier alpha value is -2.38. The van der Waals surface area contributed by atoms with Gasteiger partial charge in [-0.15, -0.1) is 0 Å². The van der Waals surface area contributed by atoms with Crippen molar-refractivity contribution in [2.24, 2.45) is 11.8 Å². The lowest BCUT2D eigenvalue weighted by Crippen LogP contribution is -2.44. The molecule has 0 spiro atoms. The molecule has 2 amide bonds. The van der Waals surface area contributed by atoms with Gasteiger partial charge in [-0.2, -0.15) is 0 Å². The third kappa shape index (κ3) is 7.67. The molecule has 1 heterocycles. The molecule has 1 aliphatic heterocycles. The minimum Gasteiger partial charge on any atom is -0.457 e. The van der Waals surface area contributed by atoms with Crippen LogP contribution in [0.15, 0.2) is 53.0 Å². The Morgan fingerprint density at radius 1 is 1.10 bits per heavy atom. The van der Waals surface area contributed by atoms with Gasteiger partial charge >= 0.3 is 0 Å². The van der Waals surface area contributed by atoms with Crippen LogP contribution in [-0.4, -0.2) is 42.9 Å². The smallest absolute Gasteiger partial charge is 0.238 e. The summed E-state index contributed by atoms with van der Waals surface area (Å²) in [4.78, 5) is 26.4. The van der Waals surface area contributed by atoms with Crippen LogP contribution in [-0.2, 0) is 9.59 Å². The number of halogens is 1. The largest absolute Gasteiger partial charge is 0.457 e. The van der Waals surface area contributed by atoms with Crippen molar-refractivity contribution in [2.45, 2.75) is 26.7 Å². The first-order chi connectivity index (χ1) is 14.9. The van der Waals surface area contributed by atoms with Gasteiger partial charge in [-0.3, -0.25) is 14.5 Å². The molecule has 2 N–H and O–H groups in total. The maximum Gasteiger partial charge on any atom is 0.238 e. The first-order valence-electron chi connectivity index (χ1n) is 10.7. The quantitative estimate of drug-likeness (QED) is 0.567. The number of likely N-dealkylation sites (tertiary alicyclic amines) is 1. The highest BCUT2D eigenvalue weighted by molar-refractivity contribution is 9.10. The number of nitrogens with zero attached hydrogens (tertiary/aromatic N) is 1. The molecule has 0 saturated carbocycles. The van der Waals surface area contributed by atoms with Crippen LogP contribution in [0.4, 0.5) is 5.69 Å². The molecular formula is C24H30BrN3O3. The molecule has 7 heteroatoms. The van der Waals surface area contributed by atoms with Crippen molar-refractivity contribution < 1.29 is 14.3 Å². The van der Waals surface area contributed by atoms with Crippen LogP contribution in [0.3, 0.4) is 0 Å². The Labute approximate surface area is 192 Å². The molecule has 3 rings (SSSR count). The predicted molar refractivity (Wildman–Crippen MR) is 126 cm³/mol. The molecule has 0 bridgehead atoms. The van der Waals surface area contributed by atoms with Crippen LogP contribution < -0.4 is 15.4 Å². The van der Waals surface area contributed by atoms with Gasteiger partial charge in [0.2, 0.25) is 11.8 Å². The second kappa shape index (κ2) is 11.3. The van der Waals surface area contributed by atoms with Crippen molar-refractivity contribution >= 4 is 33.4 Å². The van der Waals surface area contributed by atoms with Gasteiger partial charge in [-0.25, -0.2) is 0 Å². The number of nitrogens with one attached hydrogen (secondary N) is 2. The number of rotatable bonds is 8. The second-order valence-electron chi connectivity index (χ2n) is 8.27. The van der Waals surface area contributed by atoms with E-state index in [-0.39, 0.29) is 17.7 Å². The second-order valence-corrected chi connectivity index (χ2v) is 9.19. The number of piperidine rings is 1. The van der Waals surface area contributed by atoms with Gasteiger partial charge in [-0.1, -0.05) is 29.8 Å². The maximum atomic E-state index is 12.5. The number of anilines is 1. The number of carbonyl (C=O) groups is 2. The van der Waals surface area contributed by atoms with Gasteiger partial charge in [-0.05, 0) is 73.8 Å². The van der Waals surface area contributed by atoms with Gasteiger partial charge < -0.3 is 15.4 Å². The zero-order chi connectivity index (χ0) is 22.2. The summed E-state index contributed by atoms with van der Waals surface area (Å²) in [5, 5.41) is 5.97. The van der Waals surface area contributed by atoms with E-state index in [1.807, 2.05) is 62.4 Å². The number of hydrogen-bond donors (Lipinski definition) is 2. The van der Waals surface area contributed by atoms with E-state index in [0.717, 1.165) is 41.8 Å². The predicted octanol–water partition coefficient (Wildman–Crippen LogP) is 4.66. The first kappa shape index (κ1) is 23.3. The van der Waals surface area contributed by atoms with E-state index in [1.165, 1.54) is 0 Å².